The standard InChI is InChI=1S/C19H20N4O5S2/c1-4-28-19(25)15-7-13(9-20)18(22-12(15)3)29-10-17(24)23-14-6-5-11(2)16(8-14)30(21,26)27/h5-8H,4,10H2,1-3H3,(H,23,24)(H2,21,26,27). The van der Waals surface area contributed by atoms with Gasteiger partial charge in [0.2, 0.25) is 15.9 Å². The molecule has 2 rings (SSSR count). The van der Waals surface area contributed by atoms with Crippen LogP contribution in [0.5, 0.6) is 0 Å². The minimum atomic E-state index is -3.92. The van der Waals surface area contributed by atoms with E-state index in [9.17, 15) is 23.3 Å². The molecule has 2 aromatic rings. The van der Waals surface area contributed by atoms with Crippen molar-refractivity contribution in [3.8, 4) is 6.07 Å². The van der Waals surface area contributed by atoms with Crippen molar-refractivity contribution in [2.45, 2.75) is 30.7 Å². The molecule has 0 aliphatic rings. The average molecular weight is 449 g/mol. The van der Waals surface area contributed by atoms with Crippen LogP contribution < -0.4 is 10.5 Å². The van der Waals surface area contributed by atoms with E-state index in [0.29, 0.717) is 16.3 Å². The number of aromatic nitrogens is 1. The second kappa shape index (κ2) is 9.71. The first-order chi connectivity index (χ1) is 14.1. The van der Waals surface area contributed by atoms with Gasteiger partial charge in [0, 0.05) is 5.69 Å². The van der Waals surface area contributed by atoms with Gasteiger partial charge < -0.3 is 10.1 Å². The molecule has 0 aliphatic heterocycles. The number of hydrogen-bond acceptors (Lipinski definition) is 8. The van der Waals surface area contributed by atoms with Crippen LogP contribution in [0.4, 0.5) is 5.69 Å². The van der Waals surface area contributed by atoms with Crippen LogP contribution in [0, 0.1) is 25.2 Å². The van der Waals surface area contributed by atoms with Gasteiger partial charge in [0.25, 0.3) is 0 Å². The maximum Gasteiger partial charge on any atom is 0.340 e. The number of primary sulfonamides is 1. The Morgan fingerprint density at radius 2 is 2.00 bits per heavy atom. The molecule has 0 saturated carbocycles. The second-order valence-corrected chi connectivity index (χ2v) is 8.66. The van der Waals surface area contributed by atoms with Gasteiger partial charge in [-0.05, 0) is 44.5 Å². The molecular weight excluding hydrogens is 428 g/mol. The molecule has 1 aromatic carbocycles. The second-order valence-electron chi connectivity index (χ2n) is 6.17. The minimum absolute atomic E-state index is 0.0773. The van der Waals surface area contributed by atoms with E-state index in [1.54, 1.807) is 26.8 Å². The monoisotopic (exact) mass is 448 g/mol. The molecule has 0 radical (unpaired) electrons. The SMILES string of the molecule is CCOC(=O)c1cc(C#N)c(SCC(=O)Nc2ccc(C)c(S(N)(=O)=O)c2)nc1C. The van der Waals surface area contributed by atoms with Crippen molar-refractivity contribution >= 4 is 39.3 Å². The number of aryl methyl sites for hydroxylation is 2. The van der Waals surface area contributed by atoms with Crippen molar-refractivity contribution in [2.24, 2.45) is 5.14 Å². The first kappa shape index (κ1) is 23.3. The Kier molecular flexibility index (Phi) is 7.55. The number of amides is 1. The highest BCUT2D eigenvalue weighted by atomic mass is 32.2. The fourth-order valence-electron chi connectivity index (χ4n) is 2.50. The number of nitrogens with zero attached hydrogens (tertiary/aromatic N) is 2. The number of esters is 1. The third-order valence-electron chi connectivity index (χ3n) is 3.91. The first-order valence-electron chi connectivity index (χ1n) is 8.71. The van der Waals surface area contributed by atoms with Gasteiger partial charge in [0.15, 0.2) is 0 Å². The number of carbonyl (C=O) groups is 2. The van der Waals surface area contributed by atoms with Gasteiger partial charge in [-0.3, -0.25) is 4.79 Å². The van der Waals surface area contributed by atoms with E-state index in [4.69, 9.17) is 9.88 Å². The number of rotatable bonds is 7. The summed E-state index contributed by atoms with van der Waals surface area (Å²) in [6.45, 7) is 5.08. The van der Waals surface area contributed by atoms with Gasteiger partial charge in [0.05, 0.1) is 34.1 Å². The van der Waals surface area contributed by atoms with Crippen LogP contribution in [0.15, 0.2) is 34.2 Å². The summed E-state index contributed by atoms with van der Waals surface area (Å²) in [5, 5.41) is 17.4. The van der Waals surface area contributed by atoms with Gasteiger partial charge in [-0.1, -0.05) is 17.8 Å². The first-order valence-corrected chi connectivity index (χ1v) is 11.2. The Morgan fingerprint density at radius 3 is 2.60 bits per heavy atom. The van der Waals surface area contributed by atoms with Gasteiger partial charge in [0.1, 0.15) is 11.1 Å². The summed E-state index contributed by atoms with van der Waals surface area (Å²) < 4.78 is 28.2. The number of hydrogen-bond donors (Lipinski definition) is 2. The maximum atomic E-state index is 12.3. The zero-order valence-electron chi connectivity index (χ0n) is 16.6. The summed E-state index contributed by atoms with van der Waals surface area (Å²) in [6.07, 6.45) is 0. The predicted molar refractivity (Wildman–Crippen MR) is 112 cm³/mol. The van der Waals surface area contributed by atoms with E-state index >= 15 is 0 Å². The highest BCUT2D eigenvalue weighted by Crippen LogP contribution is 2.24. The topological polar surface area (TPSA) is 152 Å². The van der Waals surface area contributed by atoms with Crippen LogP contribution in [-0.4, -0.2) is 37.6 Å². The molecule has 9 nitrogen and oxygen atoms in total. The van der Waals surface area contributed by atoms with E-state index in [1.165, 1.54) is 18.2 Å². The van der Waals surface area contributed by atoms with Gasteiger partial charge in [-0.25, -0.2) is 23.3 Å². The van der Waals surface area contributed by atoms with Crippen LogP contribution in [0.3, 0.4) is 0 Å². The van der Waals surface area contributed by atoms with Gasteiger partial charge in [-0.15, -0.1) is 0 Å². The number of benzene rings is 1. The van der Waals surface area contributed by atoms with Gasteiger partial charge in [-0.2, -0.15) is 5.26 Å². The van der Waals surface area contributed by atoms with Crippen LogP contribution in [0.2, 0.25) is 0 Å². The zero-order chi connectivity index (χ0) is 22.5. The highest BCUT2D eigenvalue weighted by molar-refractivity contribution is 8.00. The summed E-state index contributed by atoms with van der Waals surface area (Å²) in [5.41, 5.74) is 1.46. The summed E-state index contributed by atoms with van der Waals surface area (Å²) >= 11 is 1.02. The quantitative estimate of drug-likeness (QED) is 0.482. The number of thioether (sulfide) groups is 1. The fraction of sp³-hybridized carbons (Fsp3) is 0.263. The number of anilines is 1. The lowest BCUT2D eigenvalue weighted by Gasteiger charge is -2.10. The Balaban J connectivity index is 2.14. The van der Waals surface area contributed by atoms with Crippen molar-refractivity contribution in [1.82, 2.24) is 4.98 Å². The number of nitriles is 1. The van der Waals surface area contributed by atoms with Crippen molar-refractivity contribution < 1.29 is 22.7 Å². The number of ether oxygens (including phenoxy) is 1. The molecule has 1 aromatic heterocycles. The third kappa shape index (κ3) is 5.79. The van der Waals surface area contributed by atoms with Crippen LogP contribution in [-0.2, 0) is 19.6 Å². The third-order valence-corrected chi connectivity index (χ3v) is 5.96. The van der Waals surface area contributed by atoms with E-state index in [2.05, 4.69) is 10.3 Å². The summed E-state index contributed by atoms with van der Waals surface area (Å²) in [5.74, 6) is -1.08. The molecule has 3 N–H and O–H groups in total. The largest absolute Gasteiger partial charge is 0.462 e. The molecule has 158 valence electrons. The van der Waals surface area contributed by atoms with Crippen LogP contribution in [0.25, 0.3) is 0 Å². The van der Waals surface area contributed by atoms with Crippen molar-refractivity contribution in [3.63, 3.8) is 0 Å². The molecule has 0 saturated heterocycles. The zero-order valence-corrected chi connectivity index (χ0v) is 18.2. The lowest BCUT2D eigenvalue weighted by atomic mass is 10.1. The Labute approximate surface area is 178 Å². The molecule has 0 spiro atoms. The Morgan fingerprint density at radius 1 is 1.30 bits per heavy atom. The number of sulfonamides is 1. The Hall–Kier alpha value is -2.94. The summed E-state index contributed by atoms with van der Waals surface area (Å²) in [6, 6.07) is 7.73. The smallest absolute Gasteiger partial charge is 0.340 e. The van der Waals surface area contributed by atoms with Crippen molar-refractivity contribution in [1.29, 1.82) is 5.26 Å². The van der Waals surface area contributed by atoms with E-state index in [0.717, 1.165) is 11.8 Å². The van der Waals surface area contributed by atoms with Crippen LogP contribution in [0.1, 0.15) is 34.1 Å². The molecule has 11 heteroatoms. The fourth-order valence-corrected chi connectivity index (χ4v) is 4.11. The molecule has 0 unspecified atom stereocenters. The summed E-state index contributed by atoms with van der Waals surface area (Å²) in [7, 11) is -3.92. The van der Waals surface area contributed by atoms with Gasteiger partial charge >= 0.3 is 5.97 Å². The van der Waals surface area contributed by atoms with E-state index < -0.39 is 21.9 Å². The normalized spacial score (nSPS) is 10.9. The van der Waals surface area contributed by atoms with Crippen LogP contribution >= 0.6 is 11.8 Å². The molecular formula is C19H20N4O5S2. The minimum Gasteiger partial charge on any atom is -0.462 e. The Bertz CT molecular complexity index is 1140. The van der Waals surface area contributed by atoms with Crippen molar-refractivity contribution in [3.05, 3.63) is 46.6 Å². The van der Waals surface area contributed by atoms with E-state index in [-0.39, 0.29) is 34.1 Å². The molecule has 30 heavy (non-hydrogen) atoms. The maximum absolute atomic E-state index is 12.3. The number of pyridine rings is 1. The molecule has 0 bridgehead atoms. The number of carbonyl (C=O) groups excluding carboxylic acids is 2. The molecule has 0 atom stereocenters. The molecule has 1 amide bonds. The molecule has 0 fully saturated rings. The lowest BCUT2D eigenvalue weighted by molar-refractivity contribution is -0.113. The van der Waals surface area contributed by atoms with Crippen molar-refractivity contribution in [2.75, 3.05) is 17.7 Å². The number of nitrogens with two attached hydrogens (primary N) is 1. The van der Waals surface area contributed by atoms with E-state index in [1.807, 2.05) is 6.07 Å². The lowest BCUT2D eigenvalue weighted by Crippen LogP contribution is -2.17. The number of nitrogens with one attached hydrogen (secondary N) is 1. The summed E-state index contributed by atoms with van der Waals surface area (Å²) in [4.78, 5) is 28.4. The predicted octanol–water partition coefficient (Wildman–Crippen LogP) is 2.13. The highest BCUT2D eigenvalue weighted by Gasteiger charge is 2.18. The average Bonchev–Trinajstić information content (AvgIpc) is 2.67. The molecule has 1 heterocycles. The molecule has 0 aliphatic carbocycles.